The summed E-state index contributed by atoms with van der Waals surface area (Å²) in [5, 5.41) is 0. The van der Waals surface area contributed by atoms with E-state index in [9.17, 15) is 4.79 Å². The molecule has 0 amide bonds. The molecular weight excluding hydrogens is 230 g/mol. The van der Waals surface area contributed by atoms with E-state index in [1.165, 1.54) is 0 Å². The van der Waals surface area contributed by atoms with Crippen molar-refractivity contribution in [3.05, 3.63) is 35.9 Å². The van der Waals surface area contributed by atoms with Crippen molar-refractivity contribution in [3.63, 3.8) is 0 Å². The van der Waals surface area contributed by atoms with Gasteiger partial charge in [0.05, 0.1) is 6.61 Å². The van der Waals surface area contributed by atoms with Crippen LogP contribution in [0, 0.1) is 5.92 Å². The van der Waals surface area contributed by atoms with Gasteiger partial charge in [0.2, 0.25) is 0 Å². The van der Waals surface area contributed by atoms with Crippen molar-refractivity contribution in [2.45, 2.75) is 19.9 Å². The number of esters is 1. The van der Waals surface area contributed by atoms with Gasteiger partial charge in [0.25, 0.3) is 0 Å². The first kappa shape index (κ1) is 14.7. The molecule has 1 aromatic carbocycles. The Balaban J connectivity index is 2.25. The summed E-state index contributed by atoms with van der Waals surface area (Å²) in [4.78, 5) is 11.6. The molecule has 0 spiro atoms. The third kappa shape index (κ3) is 5.29. The number of rotatable bonds is 7. The molecule has 4 heteroatoms. The van der Waals surface area contributed by atoms with Gasteiger partial charge in [-0.2, -0.15) is 0 Å². The summed E-state index contributed by atoms with van der Waals surface area (Å²) in [6, 6.07) is 8.45. The maximum atomic E-state index is 11.6. The monoisotopic (exact) mass is 251 g/mol. The molecule has 0 aliphatic carbocycles. The first-order valence-electron chi connectivity index (χ1n) is 6.16. The molecular formula is C14H21NO3. The van der Waals surface area contributed by atoms with Gasteiger partial charge in [-0.05, 0) is 11.5 Å². The third-order valence-corrected chi connectivity index (χ3v) is 2.34. The molecule has 0 saturated carbocycles. The highest BCUT2D eigenvalue weighted by Crippen LogP contribution is 2.10. The third-order valence-electron chi connectivity index (χ3n) is 2.34. The first-order valence-corrected chi connectivity index (χ1v) is 6.16. The zero-order chi connectivity index (χ0) is 13.4. The molecule has 4 nitrogen and oxygen atoms in total. The highest BCUT2D eigenvalue weighted by Gasteiger charge is 2.16. The Labute approximate surface area is 108 Å². The predicted molar refractivity (Wildman–Crippen MR) is 70.0 cm³/mol. The van der Waals surface area contributed by atoms with Crippen LogP contribution in [0.15, 0.2) is 30.3 Å². The van der Waals surface area contributed by atoms with Crippen molar-refractivity contribution < 1.29 is 14.3 Å². The molecule has 1 rings (SSSR count). The number of carbonyl (C=O) groups is 1. The highest BCUT2D eigenvalue weighted by atomic mass is 16.6. The number of nitrogens with two attached hydrogens (primary N) is 1. The van der Waals surface area contributed by atoms with Gasteiger partial charge >= 0.3 is 5.97 Å². The van der Waals surface area contributed by atoms with Gasteiger partial charge in [0.1, 0.15) is 12.6 Å². The van der Waals surface area contributed by atoms with Crippen LogP contribution in [0.4, 0.5) is 0 Å². The lowest BCUT2D eigenvalue weighted by Gasteiger charge is -2.12. The van der Waals surface area contributed by atoms with E-state index >= 15 is 0 Å². The molecule has 0 aliphatic rings. The largest absolute Gasteiger partial charge is 0.462 e. The van der Waals surface area contributed by atoms with Crippen molar-refractivity contribution in [3.8, 4) is 0 Å². The van der Waals surface area contributed by atoms with Crippen LogP contribution >= 0.6 is 0 Å². The number of benzene rings is 1. The molecule has 0 unspecified atom stereocenters. The summed E-state index contributed by atoms with van der Waals surface area (Å²) in [5.74, 6) is 0.0571. The van der Waals surface area contributed by atoms with E-state index in [0.717, 1.165) is 5.56 Å². The van der Waals surface area contributed by atoms with Crippen molar-refractivity contribution in [1.82, 2.24) is 0 Å². The number of carbonyl (C=O) groups excluding carboxylic acids is 1. The lowest BCUT2D eigenvalue weighted by Crippen LogP contribution is -2.25. The van der Waals surface area contributed by atoms with Crippen molar-refractivity contribution in [2.75, 3.05) is 19.8 Å². The van der Waals surface area contributed by atoms with Crippen LogP contribution in [0.5, 0.6) is 0 Å². The van der Waals surface area contributed by atoms with Crippen LogP contribution in [0.25, 0.3) is 0 Å². The molecule has 100 valence electrons. The lowest BCUT2D eigenvalue weighted by atomic mass is 10.1. The number of ether oxygens (including phenoxy) is 2. The molecule has 0 aromatic heterocycles. The maximum Gasteiger partial charge on any atom is 0.327 e. The predicted octanol–water partition coefficient (Wildman–Crippen LogP) is 1.90. The summed E-state index contributed by atoms with van der Waals surface area (Å²) in [6.07, 6.45) is 0. The summed E-state index contributed by atoms with van der Waals surface area (Å²) >= 11 is 0. The van der Waals surface area contributed by atoms with Crippen molar-refractivity contribution in [1.29, 1.82) is 0 Å². The van der Waals surface area contributed by atoms with Gasteiger partial charge in [0, 0.05) is 6.61 Å². The molecule has 0 fully saturated rings. The first-order chi connectivity index (χ1) is 8.61. The zero-order valence-corrected chi connectivity index (χ0v) is 11.0. The average Bonchev–Trinajstić information content (AvgIpc) is 2.38. The molecule has 1 aromatic rings. The van der Waals surface area contributed by atoms with Crippen molar-refractivity contribution >= 4 is 5.97 Å². The second-order valence-electron chi connectivity index (χ2n) is 4.52. The molecule has 0 heterocycles. The van der Waals surface area contributed by atoms with E-state index in [2.05, 4.69) is 13.8 Å². The fourth-order valence-corrected chi connectivity index (χ4v) is 1.41. The quantitative estimate of drug-likeness (QED) is 0.594. The van der Waals surface area contributed by atoms with Gasteiger partial charge in [-0.25, -0.2) is 4.79 Å². The molecule has 0 saturated heterocycles. The number of hydrogen-bond acceptors (Lipinski definition) is 4. The molecule has 0 bridgehead atoms. The van der Waals surface area contributed by atoms with Crippen LogP contribution < -0.4 is 5.73 Å². The Morgan fingerprint density at radius 2 is 1.89 bits per heavy atom. The van der Waals surface area contributed by atoms with Crippen LogP contribution in [-0.2, 0) is 14.3 Å². The van der Waals surface area contributed by atoms with E-state index in [1.807, 2.05) is 18.2 Å². The highest BCUT2D eigenvalue weighted by molar-refractivity contribution is 5.77. The smallest absolute Gasteiger partial charge is 0.327 e. The standard InChI is InChI=1S/C14H21NO3/c1-11(2)10-17-8-9-18-14(16)13(15)12-6-4-3-5-7-12/h3-7,11,13H,8-10,15H2,1-2H3/t13-/m0/s1. The molecule has 2 N–H and O–H groups in total. The van der Waals surface area contributed by atoms with Gasteiger partial charge in [-0.15, -0.1) is 0 Å². The normalized spacial score (nSPS) is 12.4. The summed E-state index contributed by atoms with van der Waals surface area (Å²) in [5.41, 5.74) is 6.54. The Kier molecular flexibility index (Phi) is 6.39. The summed E-state index contributed by atoms with van der Waals surface area (Å²) in [7, 11) is 0. The van der Waals surface area contributed by atoms with E-state index < -0.39 is 12.0 Å². The molecule has 0 radical (unpaired) electrons. The Morgan fingerprint density at radius 3 is 2.50 bits per heavy atom. The van der Waals surface area contributed by atoms with Gasteiger partial charge in [0.15, 0.2) is 0 Å². The van der Waals surface area contributed by atoms with Gasteiger partial charge < -0.3 is 15.2 Å². The molecule has 0 aliphatic heterocycles. The topological polar surface area (TPSA) is 61.5 Å². The van der Waals surface area contributed by atoms with Crippen LogP contribution in [0.2, 0.25) is 0 Å². The maximum absolute atomic E-state index is 11.6. The molecule has 1 atom stereocenters. The minimum atomic E-state index is -0.726. The van der Waals surface area contributed by atoms with E-state index in [0.29, 0.717) is 19.1 Å². The summed E-state index contributed by atoms with van der Waals surface area (Å²) in [6.45, 7) is 5.45. The lowest BCUT2D eigenvalue weighted by molar-refractivity contribution is -0.147. The second-order valence-corrected chi connectivity index (χ2v) is 4.52. The zero-order valence-electron chi connectivity index (χ0n) is 11.0. The van der Waals surface area contributed by atoms with E-state index in [-0.39, 0.29) is 6.61 Å². The van der Waals surface area contributed by atoms with Gasteiger partial charge in [-0.3, -0.25) is 0 Å². The van der Waals surface area contributed by atoms with Gasteiger partial charge in [-0.1, -0.05) is 44.2 Å². The van der Waals surface area contributed by atoms with Crippen LogP contribution in [0.1, 0.15) is 25.5 Å². The van der Waals surface area contributed by atoms with Crippen LogP contribution in [0.3, 0.4) is 0 Å². The minimum Gasteiger partial charge on any atom is -0.462 e. The minimum absolute atomic E-state index is 0.242. The fourth-order valence-electron chi connectivity index (χ4n) is 1.41. The van der Waals surface area contributed by atoms with Crippen molar-refractivity contribution in [2.24, 2.45) is 11.7 Å². The van der Waals surface area contributed by atoms with Crippen LogP contribution in [-0.4, -0.2) is 25.8 Å². The Morgan fingerprint density at radius 1 is 1.22 bits per heavy atom. The summed E-state index contributed by atoms with van der Waals surface area (Å²) < 4.78 is 10.4. The molecule has 18 heavy (non-hydrogen) atoms. The average molecular weight is 251 g/mol. The SMILES string of the molecule is CC(C)COCCOC(=O)[C@@H](N)c1ccccc1. The number of hydrogen-bond donors (Lipinski definition) is 1. The fraction of sp³-hybridized carbons (Fsp3) is 0.500. The Bertz CT molecular complexity index is 351. The second kappa shape index (κ2) is 7.84. The Hall–Kier alpha value is -1.39. The van der Waals surface area contributed by atoms with E-state index in [4.69, 9.17) is 15.2 Å². The van der Waals surface area contributed by atoms with E-state index in [1.54, 1.807) is 12.1 Å².